The SMILES string of the molecule is COc1ccccc1C(CN1C(=O)C2(CCN(C(C)=O)CC2)C(=O)c2c1sc(-c1ncco1)c2C)OC1CCOCC1. The van der Waals surface area contributed by atoms with E-state index in [1.54, 1.807) is 23.1 Å². The lowest BCUT2D eigenvalue weighted by Crippen LogP contribution is -2.58. The molecule has 0 saturated carbocycles. The summed E-state index contributed by atoms with van der Waals surface area (Å²) in [6, 6.07) is 7.68. The first kappa shape index (κ1) is 28.6. The highest BCUT2D eigenvalue weighted by atomic mass is 32.1. The summed E-state index contributed by atoms with van der Waals surface area (Å²) in [5.74, 6) is 0.582. The van der Waals surface area contributed by atoms with Gasteiger partial charge in [-0.3, -0.25) is 19.3 Å². The van der Waals surface area contributed by atoms with Crippen LogP contribution in [0.2, 0.25) is 0 Å². The number of anilines is 1. The second-order valence-corrected chi connectivity index (χ2v) is 12.1. The molecule has 3 aromatic rings. The highest BCUT2D eigenvalue weighted by Gasteiger charge is 2.56. The van der Waals surface area contributed by atoms with Gasteiger partial charge in [0.1, 0.15) is 28.5 Å². The number of Topliss-reactive ketones (excluding diaryl/α,β-unsaturated/α-hetero) is 1. The van der Waals surface area contributed by atoms with Crippen LogP contribution in [0.15, 0.2) is 41.1 Å². The normalized spacial score (nSPS) is 19.7. The molecule has 1 unspecified atom stereocenters. The van der Waals surface area contributed by atoms with Crippen LogP contribution in [-0.4, -0.2) is 73.5 Å². The van der Waals surface area contributed by atoms with E-state index in [0.29, 0.717) is 53.4 Å². The Kier molecular flexibility index (Phi) is 7.91. The first-order chi connectivity index (χ1) is 20.3. The molecule has 0 radical (unpaired) electrons. The van der Waals surface area contributed by atoms with E-state index in [1.807, 2.05) is 31.2 Å². The summed E-state index contributed by atoms with van der Waals surface area (Å²) in [4.78, 5) is 49.6. The van der Waals surface area contributed by atoms with E-state index in [4.69, 9.17) is 18.6 Å². The van der Waals surface area contributed by atoms with Crippen molar-refractivity contribution in [1.29, 1.82) is 0 Å². The number of piperidine rings is 1. The van der Waals surface area contributed by atoms with Gasteiger partial charge in [0.05, 0.1) is 36.4 Å². The number of benzene rings is 1. The molecule has 0 bridgehead atoms. The average Bonchev–Trinajstić information content (AvgIpc) is 3.66. The van der Waals surface area contributed by atoms with Gasteiger partial charge in [-0.2, -0.15) is 0 Å². The molecular weight excluding hydrogens is 558 g/mol. The molecule has 2 aromatic heterocycles. The molecule has 222 valence electrons. The number of methoxy groups -OCH3 is 1. The predicted octanol–water partition coefficient (Wildman–Crippen LogP) is 4.82. The van der Waals surface area contributed by atoms with E-state index in [-0.39, 0.29) is 43.1 Å². The molecule has 6 rings (SSSR count). The Hall–Kier alpha value is -3.54. The molecule has 5 heterocycles. The minimum atomic E-state index is -1.26. The Labute approximate surface area is 248 Å². The van der Waals surface area contributed by atoms with Crippen LogP contribution in [0.1, 0.15) is 60.2 Å². The van der Waals surface area contributed by atoms with Gasteiger partial charge in [0.15, 0.2) is 5.78 Å². The lowest BCUT2D eigenvalue weighted by Gasteiger charge is -2.45. The van der Waals surface area contributed by atoms with Crippen LogP contribution in [0, 0.1) is 12.3 Å². The largest absolute Gasteiger partial charge is 0.496 e. The van der Waals surface area contributed by atoms with E-state index in [2.05, 4.69) is 4.98 Å². The molecule has 1 spiro atoms. The van der Waals surface area contributed by atoms with Crippen molar-refractivity contribution in [3.8, 4) is 16.5 Å². The van der Waals surface area contributed by atoms with Gasteiger partial charge in [-0.05, 0) is 44.2 Å². The van der Waals surface area contributed by atoms with Gasteiger partial charge >= 0.3 is 0 Å². The van der Waals surface area contributed by atoms with Crippen LogP contribution in [0.25, 0.3) is 10.8 Å². The summed E-state index contributed by atoms with van der Waals surface area (Å²) < 4.78 is 23.6. The smallest absolute Gasteiger partial charge is 0.241 e. The second kappa shape index (κ2) is 11.6. The van der Waals surface area contributed by atoms with E-state index < -0.39 is 11.5 Å². The van der Waals surface area contributed by atoms with E-state index >= 15 is 0 Å². The third-order valence-electron chi connectivity index (χ3n) is 8.74. The molecule has 0 N–H and O–H groups in total. The number of hydrogen-bond donors (Lipinski definition) is 0. The number of nitrogens with zero attached hydrogens (tertiary/aromatic N) is 3. The van der Waals surface area contributed by atoms with Crippen molar-refractivity contribution in [2.24, 2.45) is 5.41 Å². The lowest BCUT2D eigenvalue weighted by molar-refractivity contribution is -0.136. The highest BCUT2D eigenvalue weighted by molar-refractivity contribution is 7.20. The minimum absolute atomic E-state index is 0.0459. The fourth-order valence-electron chi connectivity index (χ4n) is 6.35. The summed E-state index contributed by atoms with van der Waals surface area (Å²) in [5, 5.41) is 0.575. The van der Waals surface area contributed by atoms with Crippen molar-refractivity contribution in [2.45, 2.75) is 51.7 Å². The number of carbonyl (C=O) groups excluding carboxylic acids is 3. The Morgan fingerprint density at radius 3 is 2.60 bits per heavy atom. The zero-order chi connectivity index (χ0) is 29.4. The maximum atomic E-state index is 14.6. The maximum absolute atomic E-state index is 14.6. The first-order valence-corrected chi connectivity index (χ1v) is 15.2. The molecule has 1 aromatic carbocycles. The Morgan fingerprint density at radius 2 is 1.93 bits per heavy atom. The van der Waals surface area contributed by atoms with E-state index in [1.165, 1.54) is 24.5 Å². The number of oxazole rings is 1. The molecule has 2 fully saturated rings. The number of hydrogen-bond acceptors (Lipinski definition) is 9. The zero-order valence-corrected chi connectivity index (χ0v) is 24.9. The molecular formula is C31H35N3O7S. The molecule has 3 aliphatic rings. The number of ether oxygens (including phenoxy) is 3. The molecule has 0 aliphatic carbocycles. The summed E-state index contributed by atoms with van der Waals surface area (Å²) in [7, 11) is 1.62. The monoisotopic (exact) mass is 593 g/mol. The molecule has 11 heteroatoms. The quantitative estimate of drug-likeness (QED) is 0.359. The van der Waals surface area contributed by atoms with Crippen molar-refractivity contribution in [3.63, 3.8) is 0 Å². The van der Waals surface area contributed by atoms with Gasteiger partial charge in [0, 0.05) is 38.8 Å². The van der Waals surface area contributed by atoms with E-state index in [0.717, 1.165) is 24.0 Å². The summed E-state index contributed by atoms with van der Waals surface area (Å²) in [6.45, 7) is 5.52. The third kappa shape index (κ3) is 4.93. The van der Waals surface area contributed by atoms with Gasteiger partial charge in [0.25, 0.3) is 0 Å². The maximum Gasteiger partial charge on any atom is 0.241 e. The van der Waals surface area contributed by atoms with Crippen molar-refractivity contribution < 1.29 is 33.0 Å². The second-order valence-electron chi connectivity index (χ2n) is 11.1. The number of ketones is 1. The van der Waals surface area contributed by atoms with Gasteiger partial charge < -0.3 is 23.5 Å². The number of thiophene rings is 1. The van der Waals surface area contributed by atoms with Crippen LogP contribution in [0.3, 0.4) is 0 Å². The summed E-state index contributed by atoms with van der Waals surface area (Å²) in [6.07, 6.45) is 4.54. The van der Waals surface area contributed by atoms with Gasteiger partial charge in [-0.1, -0.05) is 18.2 Å². The average molecular weight is 594 g/mol. The zero-order valence-electron chi connectivity index (χ0n) is 24.1. The number of carbonyl (C=O) groups is 3. The predicted molar refractivity (Wildman–Crippen MR) is 156 cm³/mol. The van der Waals surface area contributed by atoms with Gasteiger partial charge in [-0.25, -0.2) is 4.98 Å². The Morgan fingerprint density at radius 1 is 1.19 bits per heavy atom. The van der Waals surface area contributed by atoms with Crippen LogP contribution in [0.4, 0.5) is 5.00 Å². The first-order valence-electron chi connectivity index (χ1n) is 14.4. The number of likely N-dealkylation sites (tertiary alicyclic amines) is 1. The number of rotatable bonds is 7. The van der Waals surface area contributed by atoms with Crippen LogP contribution in [-0.2, 0) is 19.1 Å². The van der Waals surface area contributed by atoms with Crippen LogP contribution in [0.5, 0.6) is 5.75 Å². The molecule has 1 atom stereocenters. The molecule has 10 nitrogen and oxygen atoms in total. The highest BCUT2D eigenvalue weighted by Crippen LogP contribution is 2.52. The van der Waals surface area contributed by atoms with E-state index in [9.17, 15) is 14.4 Å². The lowest BCUT2D eigenvalue weighted by atomic mass is 9.69. The molecule has 42 heavy (non-hydrogen) atoms. The Bertz CT molecular complexity index is 1470. The topological polar surface area (TPSA) is 111 Å². The third-order valence-corrected chi connectivity index (χ3v) is 10.0. The number of fused-ring (bicyclic) bond motifs is 1. The number of aromatic nitrogens is 1. The summed E-state index contributed by atoms with van der Waals surface area (Å²) >= 11 is 1.34. The molecule has 2 saturated heterocycles. The van der Waals surface area contributed by atoms with Crippen molar-refractivity contribution in [3.05, 3.63) is 53.4 Å². The number of para-hydroxylation sites is 1. The minimum Gasteiger partial charge on any atom is -0.496 e. The molecule has 2 amide bonds. The Balaban J connectivity index is 1.45. The summed E-state index contributed by atoms with van der Waals surface area (Å²) in [5.41, 5.74) is 0.837. The number of amides is 2. The van der Waals surface area contributed by atoms with Crippen molar-refractivity contribution in [2.75, 3.05) is 44.9 Å². The van der Waals surface area contributed by atoms with Crippen LogP contribution >= 0.6 is 11.3 Å². The standard InChI is InChI=1S/C31H35N3O7S/c1-19-25-27(36)31(10-13-33(14-11-31)20(2)35)30(37)34(29(25)42-26(19)28-32-12-17-40-28)18-24(41-21-8-15-39-16-9-21)22-6-4-5-7-23(22)38-3/h4-7,12,17,21,24H,8-11,13-16,18H2,1-3H3. The fraction of sp³-hybridized carbons (Fsp3) is 0.484. The van der Waals surface area contributed by atoms with Crippen molar-refractivity contribution >= 4 is 33.9 Å². The van der Waals surface area contributed by atoms with Crippen molar-refractivity contribution in [1.82, 2.24) is 9.88 Å². The fourth-order valence-corrected chi connectivity index (χ4v) is 7.60. The van der Waals surface area contributed by atoms with Gasteiger partial charge in [0.2, 0.25) is 17.7 Å². The van der Waals surface area contributed by atoms with Crippen LogP contribution < -0.4 is 9.64 Å². The van der Waals surface area contributed by atoms with Gasteiger partial charge in [-0.15, -0.1) is 11.3 Å². The molecule has 3 aliphatic heterocycles.